The van der Waals surface area contributed by atoms with Crippen LogP contribution >= 0.6 is 0 Å². The molecule has 0 aliphatic heterocycles. The molecule has 2 nitrogen and oxygen atoms in total. The summed E-state index contributed by atoms with van der Waals surface area (Å²) in [5.41, 5.74) is 0. The van der Waals surface area contributed by atoms with Crippen molar-refractivity contribution in [3.05, 3.63) is 12.4 Å². The van der Waals surface area contributed by atoms with Gasteiger partial charge in [0.25, 0.3) is 0 Å². The molecule has 0 N–H and O–H groups in total. The van der Waals surface area contributed by atoms with E-state index in [9.17, 15) is 0 Å². The number of nitrogens with zero attached hydrogens (tertiary/aromatic N) is 2. The summed E-state index contributed by atoms with van der Waals surface area (Å²) in [6.07, 6.45) is 0. The van der Waals surface area contributed by atoms with Crippen LogP contribution in [0.1, 0.15) is 0 Å². The Morgan fingerprint density at radius 2 is 1.75 bits per heavy atom. The van der Waals surface area contributed by atoms with Crippen LogP contribution in [0.3, 0.4) is 0 Å². The zero-order valence-electron chi connectivity index (χ0n) is 5.43. The van der Waals surface area contributed by atoms with Crippen LogP contribution in [0.5, 0.6) is 0 Å². The quantitative estimate of drug-likeness (QED) is 0.598. The molecule has 0 aromatic heterocycles. The molecule has 8 heavy (non-hydrogen) atoms. The molecule has 0 aliphatic carbocycles. The summed E-state index contributed by atoms with van der Waals surface area (Å²) in [4.78, 5) is 1.94. The van der Waals surface area contributed by atoms with Crippen molar-refractivity contribution in [2.24, 2.45) is 0 Å². The van der Waals surface area contributed by atoms with Crippen LogP contribution in [0, 0.1) is 0 Å². The van der Waals surface area contributed by atoms with E-state index in [1.54, 1.807) is 0 Å². The second kappa shape index (κ2) is 3.08. The Kier molecular flexibility index (Phi) is 3.07. The summed E-state index contributed by atoms with van der Waals surface area (Å²) in [5, 5.41) is 0. The van der Waals surface area contributed by atoms with Gasteiger partial charge in [-0.05, 0) is 0 Å². The van der Waals surface area contributed by atoms with Crippen molar-refractivity contribution in [3.8, 4) is 0 Å². The van der Waals surface area contributed by atoms with E-state index in [0.717, 1.165) is 5.82 Å². The predicted octanol–water partition coefficient (Wildman–Crippen LogP) is 0.413. The summed E-state index contributed by atoms with van der Waals surface area (Å²) in [6.45, 7) is 3.78. The van der Waals surface area contributed by atoms with Crippen molar-refractivity contribution in [3.63, 3.8) is 0 Å². The molecule has 0 aromatic carbocycles. The van der Waals surface area contributed by atoms with Gasteiger partial charge in [0.15, 0.2) is 0 Å². The van der Waals surface area contributed by atoms with Gasteiger partial charge in [-0.2, -0.15) is 0 Å². The minimum absolute atomic E-state index is 0.970. The van der Waals surface area contributed by atoms with Gasteiger partial charge in [-0.15, -0.1) is 0 Å². The monoisotopic (exact) mass is 202 g/mol. The van der Waals surface area contributed by atoms with Gasteiger partial charge in [0.05, 0.1) is 0 Å². The third-order valence-corrected chi connectivity index (χ3v) is 1.28. The van der Waals surface area contributed by atoms with E-state index in [2.05, 4.69) is 25.1 Å². The van der Waals surface area contributed by atoms with Gasteiger partial charge in [-0.3, -0.25) is 0 Å². The van der Waals surface area contributed by atoms with Crippen LogP contribution in [-0.2, 0) is 18.5 Å². The van der Waals surface area contributed by atoms with Crippen molar-refractivity contribution in [1.29, 1.82) is 0 Å². The Bertz CT molecular complexity index is 78.4. The van der Waals surface area contributed by atoms with E-state index >= 15 is 0 Å². The van der Waals surface area contributed by atoms with Gasteiger partial charge in [-0.25, -0.2) is 0 Å². The predicted molar refractivity (Wildman–Crippen MR) is 30.6 cm³/mol. The molecule has 0 heterocycles. The first-order valence-corrected chi connectivity index (χ1v) is 3.02. The Balaban J connectivity index is 3.65. The van der Waals surface area contributed by atoms with E-state index in [1.165, 1.54) is 0 Å². The van der Waals surface area contributed by atoms with Crippen molar-refractivity contribution in [1.82, 2.24) is 8.54 Å². The minimum atomic E-state index is 0.970. The molecule has 0 amide bonds. The molecular weight excluding hydrogens is 191 g/mol. The fraction of sp³-hybridized carbons (Fsp3) is 0.600. The molecule has 0 bridgehead atoms. The average Bonchev–Trinajstić information content (AvgIpc) is 1.64. The van der Waals surface area contributed by atoms with Gasteiger partial charge in [0.2, 0.25) is 0 Å². The molecule has 0 spiro atoms. The van der Waals surface area contributed by atoms with E-state index < -0.39 is 0 Å². The first-order chi connectivity index (χ1) is 3.55. The van der Waals surface area contributed by atoms with Crippen molar-refractivity contribution >= 4 is 0 Å². The van der Waals surface area contributed by atoms with Crippen LogP contribution < -0.4 is 0 Å². The van der Waals surface area contributed by atoms with Crippen molar-refractivity contribution in [2.45, 2.75) is 0 Å². The molecule has 0 aliphatic rings. The Morgan fingerprint density at radius 3 is 1.75 bits per heavy atom. The second-order valence-electron chi connectivity index (χ2n) is 1.76. The molecule has 3 heteroatoms. The van der Waals surface area contributed by atoms with E-state index in [-0.39, 0.29) is 0 Å². The van der Waals surface area contributed by atoms with Gasteiger partial charge < -0.3 is 0 Å². The number of hydrogen-bond acceptors (Lipinski definition) is 2. The molecule has 0 saturated heterocycles. The third kappa shape index (κ3) is 2.32. The van der Waals surface area contributed by atoms with Gasteiger partial charge >= 0.3 is 60.6 Å². The normalized spacial score (nSPS) is 8.62. The van der Waals surface area contributed by atoms with Gasteiger partial charge in [0.1, 0.15) is 0 Å². The summed E-state index contributed by atoms with van der Waals surface area (Å²) >= 11 is 2.71. The Morgan fingerprint density at radius 1 is 1.38 bits per heavy atom. The fourth-order valence-electron chi connectivity index (χ4n) is 0.267. The van der Waals surface area contributed by atoms with Crippen LogP contribution in [0.4, 0.5) is 0 Å². The van der Waals surface area contributed by atoms with E-state index in [1.807, 2.05) is 29.7 Å². The maximum absolute atomic E-state index is 3.78. The molecular formula is C5H11N2Rh. The molecule has 0 aromatic rings. The fourth-order valence-corrected chi connectivity index (χ4v) is 0.594. The van der Waals surface area contributed by atoms with Crippen molar-refractivity contribution in [2.75, 3.05) is 21.1 Å². The average molecular weight is 202 g/mol. The standard InChI is InChI=1S/C5H11N2.Rh/c1-5(6-2)7(3)4;/h1H2,2-4H3;/q-1;+1. The zero-order valence-corrected chi connectivity index (χ0v) is 7.07. The molecule has 0 rings (SSSR count). The molecule has 0 unspecified atom stereocenters. The third-order valence-electron chi connectivity index (χ3n) is 0.860. The van der Waals surface area contributed by atoms with Crippen LogP contribution in [0.2, 0.25) is 0 Å². The summed E-state index contributed by atoms with van der Waals surface area (Å²) in [5.74, 6) is 0.970. The van der Waals surface area contributed by atoms with Gasteiger partial charge in [-0.1, -0.05) is 0 Å². The molecule has 0 atom stereocenters. The molecule has 0 fully saturated rings. The SMILES string of the molecule is C=C(N(C)C)[N](C)[Rh]. The number of hydrogen-bond donors (Lipinski definition) is 0. The van der Waals surface area contributed by atoms with Crippen LogP contribution in [0.15, 0.2) is 12.4 Å². The van der Waals surface area contributed by atoms with Crippen molar-refractivity contribution < 1.29 is 18.5 Å². The first-order valence-electron chi connectivity index (χ1n) is 2.29. The second-order valence-corrected chi connectivity index (χ2v) is 2.86. The van der Waals surface area contributed by atoms with Crippen LogP contribution in [0.25, 0.3) is 0 Å². The Labute approximate surface area is 61.1 Å². The number of rotatable bonds is 2. The van der Waals surface area contributed by atoms with E-state index in [4.69, 9.17) is 0 Å². The first kappa shape index (κ1) is 7.96. The zero-order chi connectivity index (χ0) is 6.73. The Hall–Kier alpha value is -0.0366. The maximum atomic E-state index is 3.78. The topological polar surface area (TPSA) is 6.48 Å². The molecule has 0 radical (unpaired) electrons. The molecule has 0 saturated carbocycles. The van der Waals surface area contributed by atoms with Gasteiger partial charge in [0, 0.05) is 0 Å². The van der Waals surface area contributed by atoms with Crippen LogP contribution in [-0.4, -0.2) is 29.7 Å². The summed E-state index contributed by atoms with van der Waals surface area (Å²) < 4.78 is 1.86. The summed E-state index contributed by atoms with van der Waals surface area (Å²) in [7, 11) is 5.84. The summed E-state index contributed by atoms with van der Waals surface area (Å²) in [6, 6.07) is 0. The van der Waals surface area contributed by atoms with E-state index in [0.29, 0.717) is 0 Å². The molecule has 50 valence electrons.